The van der Waals surface area contributed by atoms with E-state index in [4.69, 9.17) is 4.74 Å². The Kier molecular flexibility index (Phi) is 2.84. The average molecular weight is 242 g/mol. The summed E-state index contributed by atoms with van der Waals surface area (Å²) in [5.41, 5.74) is 2.11. The van der Waals surface area contributed by atoms with Gasteiger partial charge in [0.15, 0.2) is 0 Å². The van der Waals surface area contributed by atoms with Crippen molar-refractivity contribution in [3.8, 4) is 0 Å². The fraction of sp³-hybridized carbons (Fsp3) is 0.286. The van der Waals surface area contributed by atoms with Crippen LogP contribution in [0.2, 0.25) is 0 Å². The van der Waals surface area contributed by atoms with Gasteiger partial charge in [-0.05, 0) is 24.5 Å². The van der Waals surface area contributed by atoms with Gasteiger partial charge < -0.3 is 4.74 Å². The maximum atomic E-state index is 12.0. The lowest BCUT2D eigenvalue weighted by molar-refractivity contribution is -0.149. The molecule has 0 saturated heterocycles. The van der Waals surface area contributed by atoms with Gasteiger partial charge >= 0.3 is 5.97 Å². The van der Waals surface area contributed by atoms with Crippen LogP contribution in [0.5, 0.6) is 0 Å². The largest absolute Gasteiger partial charge is 0.459 e. The van der Waals surface area contributed by atoms with Crippen LogP contribution in [0.1, 0.15) is 23.7 Å². The third-order valence-electron chi connectivity index (χ3n) is 3.22. The van der Waals surface area contributed by atoms with Gasteiger partial charge in [0.2, 0.25) is 0 Å². The topological polar surface area (TPSA) is 44.1 Å². The molecule has 0 saturated carbocycles. The van der Waals surface area contributed by atoms with Gasteiger partial charge in [0, 0.05) is 11.9 Å². The first-order chi connectivity index (χ1) is 8.84. The minimum Gasteiger partial charge on any atom is -0.459 e. The molecule has 0 aliphatic carbocycles. The van der Waals surface area contributed by atoms with Gasteiger partial charge in [0.05, 0.1) is 0 Å². The number of nitrogens with zero attached hydrogens (tertiary/aromatic N) is 2. The van der Waals surface area contributed by atoms with Crippen LogP contribution < -0.4 is 0 Å². The minimum atomic E-state index is -0.251. The molecule has 0 unspecified atom stereocenters. The van der Waals surface area contributed by atoms with Gasteiger partial charge in [-0.25, -0.2) is 4.79 Å². The summed E-state index contributed by atoms with van der Waals surface area (Å²) >= 11 is 0. The Hall–Kier alpha value is -2.10. The first-order valence-electron chi connectivity index (χ1n) is 6.07. The van der Waals surface area contributed by atoms with Crippen molar-refractivity contribution in [1.82, 2.24) is 9.78 Å². The molecular weight excluding hydrogens is 228 g/mol. The number of benzene rings is 1. The van der Waals surface area contributed by atoms with Gasteiger partial charge in [0.25, 0.3) is 0 Å². The number of aryl methyl sites for hydroxylation is 1. The van der Waals surface area contributed by atoms with Crippen LogP contribution >= 0.6 is 0 Å². The summed E-state index contributed by atoms with van der Waals surface area (Å²) in [6, 6.07) is 11.4. The molecule has 0 bridgehead atoms. The second-order valence-corrected chi connectivity index (χ2v) is 4.41. The predicted molar refractivity (Wildman–Crippen MR) is 65.8 cm³/mol. The smallest absolute Gasteiger partial charge is 0.331 e. The summed E-state index contributed by atoms with van der Waals surface area (Å²) in [7, 11) is 0. The maximum Gasteiger partial charge on any atom is 0.331 e. The van der Waals surface area contributed by atoms with Crippen LogP contribution in [0.4, 0.5) is 0 Å². The van der Waals surface area contributed by atoms with E-state index in [0.717, 1.165) is 24.1 Å². The zero-order chi connectivity index (χ0) is 12.4. The highest BCUT2D eigenvalue weighted by Gasteiger charge is 2.29. The molecule has 3 rings (SSSR count). The van der Waals surface area contributed by atoms with E-state index in [9.17, 15) is 4.79 Å². The third kappa shape index (κ3) is 2.01. The van der Waals surface area contributed by atoms with Crippen molar-refractivity contribution in [3.05, 3.63) is 53.9 Å². The van der Waals surface area contributed by atoms with E-state index in [1.54, 1.807) is 10.9 Å². The lowest BCUT2D eigenvalue weighted by atomic mass is 10.2. The van der Waals surface area contributed by atoms with Crippen LogP contribution in [0.15, 0.2) is 42.6 Å². The van der Waals surface area contributed by atoms with Gasteiger partial charge in [0.1, 0.15) is 12.6 Å². The fourth-order valence-corrected chi connectivity index (χ4v) is 2.27. The van der Waals surface area contributed by atoms with Gasteiger partial charge in [-0.3, -0.25) is 4.68 Å². The highest BCUT2D eigenvalue weighted by atomic mass is 16.5. The average Bonchev–Trinajstić information content (AvgIpc) is 2.99. The van der Waals surface area contributed by atoms with Gasteiger partial charge in [-0.1, -0.05) is 30.3 Å². The van der Waals surface area contributed by atoms with Crippen LogP contribution in [0.25, 0.3) is 0 Å². The Bertz CT molecular complexity index is 548. The lowest BCUT2D eigenvalue weighted by Crippen LogP contribution is -2.19. The number of hydrogen-bond donors (Lipinski definition) is 0. The Labute approximate surface area is 105 Å². The van der Waals surface area contributed by atoms with Crippen LogP contribution in [-0.2, 0) is 22.6 Å². The Morgan fingerprint density at radius 1 is 1.33 bits per heavy atom. The number of carbonyl (C=O) groups excluding carboxylic acids is 1. The highest BCUT2D eigenvalue weighted by molar-refractivity contribution is 5.74. The summed E-state index contributed by atoms with van der Waals surface area (Å²) in [5, 5.41) is 4.17. The van der Waals surface area contributed by atoms with E-state index in [2.05, 4.69) is 5.10 Å². The molecule has 2 heterocycles. The van der Waals surface area contributed by atoms with Crippen molar-refractivity contribution in [2.45, 2.75) is 25.5 Å². The van der Waals surface area contributed by atoms with Crippen molar-refractivity contribution in [2.24, 2.45) is 0 Å². The third-order valence-corrected chi connectivity index (χ3v) is 3.22. The first-order valence-corrected chi connectivity index (χ1v) is 6.07. The maximum absolute atomic E-state index is 12.0. The number of hydrogen-bond acceptors (Lipinski definition) is 3. The summed E-state index contributed by atoms with van der Waals surface area (Å²) in [5.74, 6) is -0.193. The zero-order valence-corrected chi connectivity index (χ0v) is 9.95. The molecule has 0 amide bonds. The summed E-state index contributed by atoms with van der Waals surface area (Å²) < 4.78 is 7.11. The van der Waals surface area contributed by atoms with Crippen LogP contribution in [0.3, 0.4) is 0 Å². The molecule has 4 nitrogen and oxygen atoms in total. The molecular formula is C14H14N2O2. The Morgan fingerprint density at radius 2 is 2.17 bits per heavy atom. The quantitative estimate of drug-likeness (QED) is 0.774. The van der Waals surface area contributed by atoms with Crippen molar-refractivity contribution >= 4 is 5.97 Å². The molecule has 0 radical (unpaired) electrons. The van der Waals surface area contributed by atoms with E-state index in [-0.39, 0.29) is 12.0 Å². The SMILES string of the molecule is O=C(OCc1ccccc1)[C@H]1CCc2ccnn21. The van der Waals surface area contributed by atoms with Crippen molar-refractivity contribution in [1.29, 1.82) is 0 Å². The Balaban J connectivity index is 1.63. The number of carbonyl (C=O) groups is 1. The molecule has 0 N–H and O–H groups in total. The molecule has 4 heteroatoms. The zero-order valence-electron chi connectivity index (χ0n) is 9.95. The second kappa shape index (κ2) is 4.64. The van der Waals surface area contributed by atoms with E-state index >= 15 is 0 Å². The van der Waals surface area contributed by atoms with Crippen molar-refractivity contribution < 1.29 is 9.53 Å². The van der Waals surface area contributed by atoms with E-state index in [1.807, 2.05) is 36.4 Å². The molecule has 2 aromatic rings. The van der Waals surface area contributed by atoms with Gasteiger partial charge in [-0.15, -0.1) is 0 Å². The first kappa shape index (κ1) is 11.0. The van der Waals surface area contributed by atoms with Crippen LogP contribution in [-0.4, -0.2) is 15.7 Å². The standard InChI is InChI=1S/C14H14N2O2/c17-14(18-10-11-4-2-1-3-5-11)13-7-6-12-8-9-15-16(12)13/h1-5,8-9,13H,6-7,10H2/t13-/m1/s1. The summed E-state index contributed by atoms with van der Waals surface area (Å²) in [4.78, 5) is 12.0. The second-order valence-electron chi connectivity index (χ2n) is 4.41. The monoisotopic (exact) mass is 242 g/mol. The molecule has 1 aliphatic rings. The predicted octanol–water partition coefficient (Wildman–Crippen LogP) is 2.11. The number of esters is 1. The van der Waals surface area contributed by atoms with Crippen molar-refractivity contribution in [3.63, 3.8) is 0 Å². The summed E-state index contributed by atoms with van der Waals surface area (Å²) in [6.07, 6.45) is 3.41. The minimum absolute atomic E-state index is 0.193. The number of ether oxygens (including phenoxy) is 1. The molecule has 92 valence electrons. The Morgan fingerprint density at radius 3 is 3.00 bits per heavy atom. The normalized spacial score (nSPS) is 17.4. The summed E-state index contributed by atoms with van der Waals surface area (Å²) in [6.45, 7) is 0.326. The molecule has 1 atom stereocenters. The van der Waals surface area contributed by atoms with E-state index in [1.165, 1.54) is 0 Å². The highest BCUT2D eigenvalue weighted by Crippen LogP contribution is 2.25. The number of fused-ring (bicyclic) bond motifs is 1. The molecule has 18 heavy (non-hydrogen) atoms. The van der Waals surface area contributed by atoms with Crippen LogP contribution in [0, 0.1) is 0 Å². The molecule has 1 aromatic heterocycles. The van der Waals surface area contributed by atoms with E-state index < -0.39 is 0 Å². The molecule has 0 spiro atoms. The van der Waals surface area contributed by atoms with Crippen molar-refractivity contribution in [2.75, 3.05) is 0 Å². The molecule has 1 aromatic carbocycles. The number of rotatable bonds is 3. The van der Waals surface area contributed by atoms with Gasteiger partial charge in [-0.2, -0.15) is 5.10 Å². The van der Waals surface area contributed by atoms with E-state index in [0.29, 0.717) is 6.61 Å². The number of aromatic nitrogens is 2. The lowest BCUT2D eigenvalue weighted by Gasteiger charge is -2.11. The fourth-order valence-electron chi connectivity index (χ4n) is 2.27. The molecule has 1 aliphatic heterocycles. The molecule has 0 fully saturated rings.